The Morgan fingerprint density at radius 1 is 1.03 bits per heavy atom. The first-order valence-electron chi connectivity index (χ1n) is 11.9. The lowest BCUT2D eigenvalue weighted by molar-refractivity contribution is -0.114. The summed E-state index contributed by atoms with van der Waals surface area (Å²) in [6, 6.07) is 16.9. The van der Waals surface area contributed by atoms with Crippen molar-refractivity contribution in [3.63, 3.8) is 0 Å². The molecule has 9 heteroatoms. The first kappa shape index (κ1) is 28.8. The number of allylic oxidation sites excluding steroid dienone is 1. The molecule has 0 aliphatic carbocycles. The topological polar surface area (TPSA) is 103 Å². The van der Waals surface area contributed by atoms with Crippen LogP contribution in [-0.2, 0) is 27.3 Å². The number of halogens is 1. The average molecular weight is 596 g/mol. The van der Waals surface area contributed by atoms with Crippen molar-refractivity contribution in [2.75, 3.05) is 13.2 Å². The first-order valence-corrected chi connectivity index (χ1v) is 13.5. The van der Waals surface area contributed by atoms with E-state index in [9.17, 15) is 19.6 Å². The van der Waals surface area contributed by atoms with E-state index < -0.39 is 17.7 Å². The number of Topliss-reactive ketones (excluding diaryl/α,β-unsaturated/α-hetero) is 1. The third-order valence-electron chi connectivity index (χ3n) is 5.41. The second-order valence-corrected chi connectivity index (χ2v) is 9.99. The van der Waals surface area contributed by atoms with Crippen molar-refractivity contribution in [1.82, 2.24) is 0 Å². The van der Waals surface area contributed by atoms with Crippen LogP contribution in [0.15, 0.2) is 58.6 Å². The number of carbonyl (C=O) groups is 3. The van der Waals surface area contributed by atoms with Crippen LogP contribution >= 0.6 is 27.3 Å². The van der Waals surface area contributed by atoms with Gasteiger partial charge in [0, 0.05) is 11.3 Å². The number of esters is 2. The van der Waals surface area contributed by atoms with Crippen molar-refractivity contribution in [2.24, 2.45) is 0 Å². The number of hydrogen-bond donors (Lipinski definition) is 0. The third-order valence-corrected chi connectivity index (χ3v) is 7.30. The first-order chi connectivity index (χ1) is 18.3. The molecule has 1 aromatic heterocycles. The fourth-order valence-corrected chi connectivity index (χ4v) is 5.30. The maximum Gasteiger partial charge on any atom is 0.348 e. The van der Waals surface area contributed by atoms with Gasteiger partial charge in [-0.3, -0.25) is 4.79 Å². The number of hydrogen-bond acceptors (Lipinski definition) is 8. The van der Waals surface area contributed by atoms with Gasteiger partial charge in [0.15, 0.2) is 5.78 Å². The molecule has 0 aliphatic heterocycles. The summed E-state index contributed by atoms with van der Waals surface area (Å²) in [5.41, 5.74) is 2.11. The highest BCUT2D eigenvalue weighted by Gasteiger charge is 2.28. The number of nitrogens with zero attached hydrogens (tertiary/aromatic N) is 1. The Hall–Kier alpha value is -3.74. The number of nitriles is 1. The van der Waals surface area contributed by atoms with Gasteiger partial charge in [-0.2, -0.15) is 5.26 Å². The Balaban J connectivity index is 1.83. The van der Waals surface area contributed by atoms with Gasteiger partial charge in [0.2, 0.25) is 0 Å². The number of benzene rings is 2. The summed E-state index contributed by atoms with van der Waals surface area (Å²) in [4.78, 5) is 38.7. The van der Waals surface area contributed by atoms with E-state index in [2.05, 4.69) is 15.9 Å². The van der Waals surface area contributed by atoms with Gasteiger partial charge >= 0.3 is 11.9 Å². The maximum absolute atomic E-state index is 13.1. The lowest BCUT2D eigenvalue weighted by Crippen LogP contribution is -2.12. The van der Waals surface area contributed by atoms with E-state index in [0.29, 0.717) is 32.8 Å². The molecule has 0 atom stereocenters. The molecular formula is C29H26BrNO6S. The number of thiophene rings is 1. The van der Waals surface area contributed by atoms with Crippen LogP contribution in [0.25, 0.3) is 6.08 Å². The van der Waals surface area contributed by atoms with Crippen molar-refractivity contribution in [2.45, 2.75) is 33.8 Å². The molecule has 3 aromatic rings. The zero-order chi connectivity index (χ0) is 27.7. The largest absolute Gasteiger partial charge is 0.488 e. The maximum atomic E-state index is 13.1. The van der Waals surface area contributed by atoms with E-state index in [-0.39, 0.29) is 35.6 Å². The molecule has 0 aliphatic rings. The molecule has 0 saturated carbocycles. The summed E-state index contributed by atoms with van der Waals surface area (Å²) >= 11 is 4.49. The van der Waals surface area contributed by atoms with Gasteiger partial charge in [0.25, 0.3) is 0 Å². The minimum atomic E-state index is -0.628. The van der Waals surface area contributed by atoms with Gasteiger partial charge < -0.3 is 14.2 Å². The molecule has 0 amide bonds. The van der Waals surface area contributed by atoms with Gasteiger partial charge in [-0.1, -0.05) is 36.4 Å². The van der Waals surface area contributed by atoms with E-state index in [0.717, 1.165) is 16.9 Å². The normalized spacial score (nSPS) is 11.0. The van der Waals surface area contributed by atoms with Gasteiger partial charge in [-0.05, 0) is 71.6 Å². The lowest BCUT2D eigenvalue weighted by atomic mass is 10.0. The van der Waals surface area contributed by atoms with Crippen molar-refractivity contribution in [3.05, 3.63) is 90.6 Å². The van der Waals surface area contributed by atoms with Crippen LogP contribution in [0.3, 0.4) is 0 Å². The van der Waals surface area contributed by atoms with Crippen LogP contribution in [0.4, 0.5) is 0 Å². The van der Waals surface area contributed by atoms with Gasteiger partial charge in [-0.15, -0.1) is 11.3 Å². The van der Waals surface area contributed by atoms with Crippen molar-refractivity contribution >= 4 is 51.1 Å². The minimum Gasteiger partial charge on any atom is -0.488 e. The summed E-state index contributed by atoms with van der Waals surface area (Å²) in [5.74, 6) is -1.07. The van der Waals surface area contributed by atoms with E-state index in [1.807, 2.05) is 36.4 Å². The Labute approximate surface area is 233 Å². The smallest absolute Gasteiger partial charge is 0.348 e. The minimum absolute atomic E-state index is 0.0894. The van der Waals surface area contributed by atoms with Gasteiger partial charge in [-0.25, -0.2) is 9.59 Å². The average Bonchev–Trinajstić information content (AvgIpc) is 3.23. The van der Waals surface area contributed by atoms with Crippen LogP contribution in [0.5, 0.6) is 5.75 Å². The lowest BCUT2D eigenvalue weighted by Gasteiger charge is -2.09. The molecule has 7 nitrogen and oxygen atoms in total. The summed E-state index contributed by atoms with van der Waals surface area (Å²) in [6.07, 6.45) is 1.24. The van der Waals surface area contributed by atoms with Gasteiger partial charge in [0.05, 0.1) is 28.8 Å². The monoisotopic (exact) mass is 595 g/mol. The van der Waals surface area contributed by atoms with Crippen LogP contribution in [0, 0.1) is 18.3 Å². The second kappa shape index (κ2) is 13.7. The van der Waals surface area contributed by atoms with Crippen LogP contribution in [0.1, 0.15) is 55.4 Å². The quantitative estimate of drug-likeness (QED) is 0.142. The van der Waals surface area contributed by atoms with Crippen LogP contribution < -0.4 is 4.74 Å². The predicted molar refractivity (Wildman–Crippen MR) is 148 cm³/mol. The highest BCUT2D eigenvalue weighted by Crippen LogP contribution is 2.32. The number of rotatable bonds is 11. The third kappa shape index (κ3) is 7.18. The van der Waals surface area contributed by atoms with Crippen LogP contribution in [0.2, 0.25) is 0 Å². The molecule has 0 N–H and O–H groups in total. The predicted octanol–water partition coefficient (Wildman–Crippen LogP) is 6.47. The molecule has 0 unspecified atom stereocenters. The SMILES string of the molecule is CCOC(=O)c1sc(CC(=O)/C(C#N)=C/c2ccc(OCc3ccccc3)c(Br)c2)c(C(=O)OCC)c1C. The van der Waals surface area contributed by atoms with Crippen molar-refractivity contribution in [3.8, 4) is 11.8 Å². The van der Waals surface area contributed by atoms with E-state index in [1.165, 1.54) is 6.08 Å². The Bertz CT molecular complexity index is 1400. The highest BCUT2D eigenvalue weighted by molar-refractivity contribution is 9.10. The molecule has 0 spiro atoms. The second-order valence-electron chi connectivity index (χ2n) is 8.03. The fraction of sp³-hybridized carbons (Fsp3) is 0.241. The molecule has 0 saturated heterocycles. The molecule has 3 rings (SSSR count). The molecule has 0 fully saturated rings. The fourth-order valence-electron chi connectivity index (χ4n) is 3.60. The Kier molecular flexibility index (Phi) is 10.4. The van der Waals surface area contributed by atoms with E-state index >= 15 is 0 Å². The Morgan fingerprint density at radius 2 is 1.71 bits per heavy atom. The van der Waals surface area contributed by atoms with Crippen molar-refractivity contribution < 1.29 is 28.6 Å². The zero-order valence-corrected chi connectivity index (χ0v) is 23.6. The number of ether oxygens (including phenoxy) is 3. The molecule has 0 radical (unpaired) electrons. The Morgan fingerprint density at radius 3 is 2.34 bits per heavy atom. The summed E-state index contributed by atoms with van der Waals surface area (Å²) in [5, 5.41) is 9.71. The molecule has 2 aromatic carbocycles. The van der Waals surface area contributed by atoms with E-state index in [4.69, 9.17) is 14.2 Å². The summed E-state index contributed by atoms with van der Waals surface area (Å²) in [7, 11) is 0. The summed E-state index contributed by atoms with van der Waals surface area (Å²) < 4.78 is 16.8. The van der Waals surface area contributed by atoms with Gasteiger partial charge in [0.1, 0.15) is 23.3 Å². The number of ketones is 1. The van der Waals surface area contributed by atoms with E-state index in [1.54, 1.807) is 39.0 Å². The molecule has 0 bridgehead atoms. The summed E-state index contributed by atoms with van der Waals surface area (Å²) in [6.45, 7) is 5.67. The number of carbonyl (C=O) groups excluding carboxylic acids is 3. The molecular weight excluding hydrogens is 570 g/mol. The standard InChI is InChI=1S/C29H26BrNO6S/c1-4-35-28(33)26-18(3)27(29(34)36-5-2)38-25(26)15-23(32)21(16-31)13-20-11-12-24(22(30)14-20)37-17-19-9-7-6-8-10-19/h6-14H,4-5,15,17H2,1-3H3/b21-13+. The molecule has 38 heavy (non-hydrogen) atoms. The van der Waals surface area contributed by atoms with Crippen LogP contribution in [-0.4, -0.2) is 30.9 Å². The highest BCUT2D eigenvalue weighted by atomic mass is 79.9. The van der Waals surface area contributed by atoms with Crippen molar-refractivity contribution in [1.29, 1.82) is 5.26 Å². The zero-order valence-electron chi connectivity index (χ0n) is 21.2. The molecule has 1 heterocycles. The molecule has 196 valence electrons.